The molecule has 0 radical (unpaired) electrons. The fourth-order valence-corrected chi connectivity index (χ4v) is 2.77. The van der Waals surface area contributed by atoms with Crippen molar-refractivity contribution < 1.29 is 14.1 Å². The van der Waals surface area contributed by atoms with Crippen LogP contribution in [0.2, 0.25) is 0 Å². The van der Waals surface area contributed by atoms with E-state index in [1.165, 1.54) is 6.08 Å². The summed E-state index contributed by atoms with van der Waals surface area (Å²) < 4.78 is 5.22. The van der Waals surface area contributed by atoms with E-state index in [0.717, 1.165) is 16.8 Å². The van der Waals surface area contributed by atoms with Gasteiger partial charge in [0.15, 0.2) is 5.76 Å². The predicted molar refractivity (Wildman–Crippen MR) is 92.7 cm³/mol. The molecule has 1 aliphatic rings. The summed E-state index contributed by atoms with van der Waals surface area (Å²) >= 11 is 0. The van der Waals surface area contributed by atoms with Gasteiger partial charge in [0.05, 0.1) is 12.2 Å². The van der Waals surface area contributed by atoms with E-state index >= 15 is 0 Å². The number of amides is 2. The van der Waals surface area contributed by atoms with E-state index in [0.29, 0.717) is 24.4 Å². The lowest BCUT2D eigenvalue weighted by Crippen LogP contribution is -2.23. The molecule has 25 heavy (non-hydrogen) atoms. The highest BCUT2D eigenvalue weighted by atomic mass is 16.5. The molecule has 0 aliphatic carbocycles. The standard InChI is InChI=1S/C19H21N3O3/c1-4-18(23)22-10-14-6-5-13(7-15(14)11-22)19(24)20-9-16-8-17(12(2)3)21-25-16/h4-8,12H,1,9-11H2,2-3H3,(H,20,24). The van der Waals surface area contributed by atoms with Gasteiger partial charge in [-0.1, -0.05) is 31.6 Å². The molecule has 0 spiro atoms. The number of rotatable bonds is 5. The van der Waals surface area contributed by atoms with Crippen molar-refractivity contribution in [3.8, 4) is 0 Å². The van der Waals surface area contributed by atoms with Crippen molar-refractivity contribution in [2.45, 2.75) is 39.4 Å². The number of nitrogens with one attached hydrogen (secondary N) is 1. The molecule has 2 heterocycles. The molecule has 0 saturated carbocycles. The Balaban J connectivity index is 1.64. The maximum Gasteiger partial charge on any atom is 0.251 e. The second-order valence-corrected chi connectivity index (χ2v) is 6.44. The molecule has 130 valence electrons. The molecule has 0 unspecified atom stereocenters. The summed E-state index contributed by atoms with van der Waals surface area (Å²) in [6.07, 6.45) is 1.31. The number of hydrogen-bond acceptors (Lipinski definition) is 4. The van der Waals surface area contributed by atoms with Crippen molar-refractivity contribution in [3.63, 3.8) is 0 Å². The van der Waals surface area contributed by atoms with Gasteiger partial charge >= 0.3 is 0 Å². The summed E-state index contributed by atoms with van der Waals surface area (Å²) in [6, 6.07) is 7.36. The molecule has 6 heteroatoms. The number of fused-ring (bicyclic) bond motifs is 1. The first-order valence-corrected chi connectivity index (χ1v) is 8.24. The topological polar surface area (TPSA) is 75.4 Å². The van der Waals surface area contributed by atoms with Gasteiger partial charge in [-0.3, -0.25) is 9.59 Å². The van der Waals surface area contributed by atoms with E-state index in [2.05, 4.69) is 17.1 Å². The predicted octanol–water partition coefficient (Wildman–Crippen LogP) is 2.76. The molecule has 0 saturated heterocycles. The lowest BCUT2D eigenvalue weighted by Gasteiger charge is -2.11. The van der Waals surface area contributed by atoms with Crippen LogP contribution in [-0.4, -0.2) is 21.9 Å². The first kappa shape index (κ1) is 17.0. The summed E-state index contributed by atoms with van der Waals surface area (Å²) in [6.45, 7) is 8.92. The van der Waals surface area contributed by atoms with Gasteiger partial charge in [-0.05, 0) is 35.3 Å². The van der Waals surface area contributed by atoms with Crippen LogP contribution in [0.4, 0.5) is 0 Å². The second-order valence-electron chi connectivity index (χ2n) is 6.44. The van der Waals surface area contributed by atoms with Crippen LogP contribution < -0.4 is 5.32 Å². The van der Waals surface area contributed by atoms with E-state index in [9.17, 15) is 9.59 Å². The average molecular weight is 339 g/mol. The van der Waals surface area contributed by atoms with Crippen molar-refractivity contribution >= 4 is 11.8 Å². The van der Waals surface area contributed by atoms with E-state index in [1.54, 1.807) is 11.0 Å². The van der Waals surface area contributed by atoms with Gasteiger partial charge < -0.3 is 14.7 Å². The summed E-state index contributed by atoms with van der Waals surface area (Å²) in [5.74, 6) is 0.624. The highest BCUT2D eigenvalue weighted by Gasteiger charge is 2.22. The van der Waals surface area contributed by atoms with E-state index in [4.69, 9.17) is 4.52 Å². The van der Waals surface area contributed by atoms with Crippen molar-refractivity contribution in [1.82, 2.24) is 15.4 Å². The molecular weight excluding hydrogens is 318 g/mol. The maximum atomic E-state index is 12.4. The zero-order valence-electron chi connectivity index (χ0n) is 14.4. The zero-order chi connectivity index (χ0) is 18.0. The number of nitrogens with zero attached hydrogens (tertiary/aromatic N) is 2. The van der Waals surface area contributed by atoms with Gasteiger partial charge in [0.2, 0.25) is 5.91 Å². The van der Waals surface area contributed by atoms with E-state index in [1.807, 2.05) is 32.0 Å². The molecule has 0 fully saturated rings. The Morgan fingerprint density at radius 1 is 1.32 bits per heavy atom. The Kier molecular flexibility index (Phi) is 4.70. The Hall–Kier alpha value is -2.89. The Morgan fingerprint density at radius 3 is 2.76 bits per heavy atom. The van der Waals surface area contributed by atoms with Crippen LogP contribution in [0.1, 0.15) is 52.7 Å². The van der Waals surface area contributed by atoms with E-state index in [-0.39, 0.29) is 24.3 Å². The molecule has 2 aromatic rings. The summed E-state index contributed by atoms with van der Waals surface area (Å²) in [5, 5.41) is 6.81. The summed E-state index contributed by atoms with van der Waals surface area (Å²) in [5.41, 5.74) is 3.48. The number of benzene rings is 1. The van der Waals surface area contributed by atoms with Crippen LogP contribution >= 0.6 is 0 Å². The van der Waals surface area contributed by atoms with Gasteiger partial charge in [-0.2, -0.15) is 0 Å². The van der Waals surface area contributed by atoms with Crippen LogP contribution in [0.3, 0.4) is 0 Å². The summed E-state index contributed by atoms with van der Waals surface area (Å²) in [4.78, 5) is 25.8. The minimum atomic E-state index is -0.182. The van der Waals surface area contributed by atoms with Crippen LogP contribution in [-0.2, 0) is 24.4 Å². The average Bonchev–Trinajstić information content (AvgIpc) is 3.24. The highest BCUT2D eigenvalue weighted by molar-refractivity contribution is 5.94. The Bertz CT molecular complexity index is 823. The van der Waals surface area contributed by atoms with Crippen LogP contribution in [0, 0.1) is 0 Å². The molecule has 6 nitrogen and oxygen atoms in total. The minimum absolute atomic E-state index is 0.103. The normalized spacial score (nSPS) is 13.0. The van der Waals surface area contributed by atoms with Gasteiger partial charge in [0.25, 0.3) is 5.91 Å². The third-order valence-electron chi connectivity index (χ3n) is 4.27. The monoisotopic (exact) mass is 339 g/mol. The minimum Gasteiger partial charge on any atom is -0.359 e. The number of aromatic nitrogens is 1. The lowest BCUT2D eigenvalue weighted by atomic mass is 10.1. The number of carbonyl (C=O) groups is 2. The molecular formula is C19H21N3O3. The molecule has 2 amide bonds. The number of carbonyl (C=O) groups excluding carboxylic acids is 2. The first-order chi connectivity index (χ1) is 12.0. The molecule has 1 aromatic carbocycles. The first-order valence-electron chi connectivity index (χ1n) is 8.24. The van der Waals surface area contributed by atoms with Crippen molar-refractivity contribution in [3.05, 3.63) is 65.1 Å². The highest BCUT2D eigenvalue weighted by Crippen LogP contribution is 2.24. The summed E-state index contributed by atoms with van der Waals surface area (Å²) in [7, 11) is 0. The van der Waals surface area contributed by atoms with Crippen molar-refractivity contribution in [1.29, 1.82) is 0 Å². The van der Waals surface area contributed by atoms with Gasteiger partial charge in [0, 0.05) is 24.7 Å². The van der Waals surface area contributed by atoms with Gasteiger partial charge in [0.1, 0.15) is 0 Å². The second kappa shape index (κ2) is 6.93. The molecule has 3 rings (SSSR count). The lowest BCUT2D eigenvalue weighted by molar-refractivity contribution is -0.126. The third kappa shape index (κ3) is 3.63. The smallest absolute Gasteiger partial charge is 0.251 e. The quantitative estimate of drug-likeness (QED) is 0.850. The Labute approximate surface area is 146 Å². The number of hydrogen-bond donors (Lipinski definition) is 1. The van der Waals surface area contributed by atoms with Crippen LogP contribution in [0.25, 0.3) is 0 Å². The molecule has 1 aromatic heterocycles. The van der Waals surface area contributed by atoms with Gasteiger partial charge in [-0.15, -0.1) is 0 Å². The Morgan fingerprint density at radius 2 is 2.08 bits per heavy atom. The fraction of sp³-hybridized carbons (Fsp3) is 0.316. The van der Waals surface area contributed by atoms with Crippen LogP contribution in [0.15, 0.2) is 41.4 Å². The van der Waals surface area contributed by atoms with Crippen molar-refractivity contribution in [2.75, 3.05) is 0 Å². The molecule has 1 aliphatic heterocycles. The molecule has 1 N–H and O–H groups in total. The van der Waals surface area contributed by atoms with E-state index < -0.39 is 0 Å². The van der Waals surface area contributed by atoms with Gasteiger partial charge in [-0.25, -0.2) is 0 Å². The fourth-order valence-electron chi connectivity index (χ4n) is 2.77. The largest absolute Gasteiger partial charge is 0.359 e. The molecule has 0 atom stereocenters. The third-order valence-corrected chi connectivity index (χ3v) is 4.27. The molecule has 0 bridgehead atoms. The maximum absolute atomic E-state index is 12.4. The van der Waals surface area contributed by atoms with Crippen LogP contribution in [0.5, 0.6) is 0 Å². The zero-order valence-corrected chi connectivity index (χ0v) is 14.4. The van der Waals surface area contributed by atoms with Crippen molar-refractivity contribution in [2.24, 2.45) is 0 Å². The SMILES string of the molecule is C=CC(=O)N1Cc2ccc(C(=O)NCc3cc(C(C)C)no3)cc2C1.